The van der Waals surface area contributed by atoms with Gasteiger partial charge >= 0.3 is 0 Å². The van der Waals surface area contributed by atoms with Gasteiger partial charge in [0.25, 0.3) is 0 Å². The molecule has 0 aliphatic heterocycles. The summed E-state index contributed by atoms with van der Waals surface area (Å²) in [6.07, 6.45) is 0. The molecule has 2 heteroatoms. The summed E-state index contributed by atoms with van der Waals surface area (Å²) in [4.78, 5) is 0. The van der Waals surface area contributed by atoms with Crippen molar-refractivity contribution < 1.29 is 9.47 Å². The summed E-state index contributed by atoms with van der Waals surface area (Å²) < 4.78 is 10.0. The first-order chi connectivity index (χ1) is 5.86. The van der Waals surface area contributed by atoms with Gasteiger partial charge < -0.3 is 9.47 Å². The highest BCUT2D eigenvalue weighted by Crippen LogP contribution is 2.12. The van der Waals surface area contributed by atoms with Crippen molar-refractivity contribution in [3.05, 3.63) is 36.9 Å². The van der Waals surface area contributed by atoms with Crippen molar-refractivity contribution in [2.24, 2.45) is 0 Å². The lowest BCUT2D eigenvalue weighted by Gasteiger charge is -2.03. The molecule has 0 atom stereocenters. The smallest absolute Gasteiger partial charge is 0.119 e. The van der Waals surface area contributed by atoms with Crippen LogP contribution in [-0.4, -0.2) is 6.61 Å². The highest BCUT2D eigenvalue weighted by molar-refractivity contribution is 5.26. The topological polar surface area (TPSA) is 18.5 Å². The van der Waals surface area contributed by atoms with E-state index in [9.17, 15) is 0 Å². The van der Waals surface area contributed by atoms with Gasteiger partial charge in [-0.2, -0.15) is 0 Å². The van der Waals surface area contributed by atoms with Crippen molar-refractivity contribution in [3.63, 3.8) is 0 Å². The average molecular weight is 165 g/mol. The van der Waals surface area contributed by atoms with Gasteiger partial charge in [0, 0.05) is 0 Å². The monoisotopic (exact) mass is 165 g/mol. The Morgan fingerprint density at radius 2 is 1.92 bits per heavy atom. The largest absolute Gasteiger partial charge is 0.494 e. The quantitative estimate of drug-likeness (QED) is 0.682. The van der Waals surface area contributed by atoms with Crippen LogP contribution < -0.4 is 4.74 Å². The van der Waals surface area contributed by atoms with Gasteiger partial charge in [-0.25, -0.2) is 0 Å². The molecular formula is C10H13O2. The molecule has 0 saturated heterocycles. The van der Waals surface area contributed by atoms with Gasteiger partial charge in [-0.3, -0.25) is 0 Å². The molecule has 0 amide bonds. The molecule has 0 N–H and O–H groups in total. The van der Waals surface area contributed by atoms with Crippen molar-refractivity contribution in [3.8, 4) is 5.75 Å². The normalized spacial score (nSPS) is 9.83. The lowest BCUT2D eigenvalue weighted by atomic mass is 10.2. The predicted molar refractivity (Wildman–Crippen MR) is 47.8 cm³/mol. The minimum atomic E-state index is 0.548. The highest BCUT2D eigenvalue weighted by Gasteiger charge is 1.92. The van der Waals surface area contributed by atoms with Crippen LogP contribution in [0.2, 0.25) is 0 Å². The summed E-state index contributed by atoms with van der Waals surface area (Å²) in [5.41, 5.74) is 1.11. The number of hydrogen-bond donors (Lipinski definition) is 0. The highest BCUT2D eigenvalue weighted by atomic mass is 16.5. The lowest BCUT2D eigenvalue weighted by molar-refractivity contribution is 0.229. The number of rotatable bonds is 4. The fourth-order valence-corrected chi connectivity index (χ4v) is 0.966. The maximum Gasteiger partial charge on any atom is 0.119 e. The van der Waals surface area contributed by atoms with Crippen molar-refractivity contribution in [1.82, 2.24) is 0 Å². The second-order valence-electron chi connectivity index (χ2n) is 2.43. The van der Waals surface area contributed by atoms with Crippen LogP contribution in [0.4, 0.5) is 0 Å². The molecule has 0 unspecified atom stereocenters. The van der Waals surface area contributed by atoms with Crippen molar-refractivity contribution in [2.45, 2.75) is 13.5 Å². The van der Waals surface area contributed by atoms with Crippen LogP contribution in [0, 0.1) is 7.11 Å². The Hall–Kier alpha value is -1.02. The van der Waals surface area contributed by atoms with E-state index in [1.54, 1.807) is 0 Å². The standard InChI is InChI=1S/C10H13O2/c1-3-12-10-6-4-9(5-7-10)8-11-2/h4-7H,2-3,8H2,1H3. The Morgan fingerprint density at radius 1 is 1.25 bits per heavy atom. The van der Waals surface area contributed by atoms with Gasteiger partial charge in [-0.05, 0) is 24.6 Å². The maximum absolute atomic E-state index is 5.28. The molecular weight excluding hydrogens is 152 g/mol. The van der Waals surface area contributed by atoms with Crippen LogP contribution in [0.25, 0.3) is 0 Å². The molecule has 1 rings (SSSR count). The molecule has 1 aromatic rings. The molecule has 65 valence electrons. The zero-order valence-electron chi connectivity index (χ0n) is 7.25. The predicted octanol–water partition coefficient (Wildman–Crippen LogP) is 2.39. The van der Waals surface area contributed by atoms with Gasteiger partial charge in [0.1, 0.15) is 5.75 Å². The van der Waals surface area contributed by atoms with E-state index >= 15 is 0 Å². The van der Waals surface area contributed by atoms with Crippen LogP contribution in [0.5, 0.6) is 5.75 Å². The van der Waals surface area contributed by atoms with Gasteiger partial charge in [-0.1, -0.05) is 12.1 Å². The Kier molecular flexibility index (Phi) is 3.61. The summed E-state index contributed by atoms with van der Waals surface area (Å²) in [6.45, 7) is 3.21. The molecule has 0 aliphatic carbocycles. The Morgan fingerprint density at radius 3 is 2.42 bits per heavy atom. The minimum absolute atomic E-state index is 0.548. The second-order valence-corrected chi connectivity index (χ2v) is 2.43. The third kappa shape index (κ3) is 2.55. The van der Waals surface area contributed by atoms with Crippen molar-refractivity contribution in [1.29, 1.82) is 0 Å². The first-order valence-corrected chi connectivity index (χ1v) is 3.95. The first kappa shape index (κ1) is 9.07. The maximum atomic E-state index is 5.28. The minimum Gasteiger partial charge on any atom is -0.494 e. The van der Waals surface area contributed by atoms with E-state index in [2.05, 4.69) is 7.11 Å². The molecule has 0 bridgehead atoms. The SMILES string of the molecule is [CH2]OCc1ccc(OCC)cc1. The molecule has 0 spiro atoms. The fraction of sp³-hybridized carbons (Fsp3) is 0.300. The summed E-state index contributed by atoms with van der Waals surface area (Å²) >= 11 is 0. The van der Waals surface area contributed by atoms with E-state index in [0.29, 0.717) is 13.2 Å². The van der Waals surface area contributed by atoms with Gasteiger partial charge in [0.05, 0.1) is 20.3 Å². The molecule has 1 radical (unpaired) electrons. The van der Waals surface area contributed by atoms with E-state index in [0.717, 1.165) is 11.3 Å². The molecule has 0 fully saturated rings. The summed E-state index contributed by atoms with van der Waals surface area (Å²) in [5, 5.41) is 0. The van der Waals surface area contributed by atoms with E-state index < -0.39 is 0 Å². The van der Waals surface area contributed by atoms with Gasteiger partial charge in [0.2, 0.25) is 0 Å². The molecule has 1 aromatic carbocycles. The fourth-order valence-electron chi connectivity index (χ4n) is 0.966. The third-order valence-electron chi connectivity index (χ3n) is 1.50. The van der Waals surface area contributed by atoms with Crippen molar-refractivity contribution in [2.75, 3.05) is 6.61 Å². The Bertz CT molecular complexity index is 191. The third-order valence-corrected chi connectivity index (χ3v) is 1.50. The van der Waals surface area contributed by atoms with E-state index in [1.165, 1.54) is 0 Å². The van der Waals surface area contributed by atoms with Gasteiger partial charge in [-0.15, -0.1) is 0 Å². The number of hydrogen-bond acceptors (Lipinski definition) is 2. The van der Waals surface area contributed by atoms with E-state index in [1.807, 2.05) is 31.2 Å². The summed E-state index contributed by atoms with van der Waals surface area (Å²) in [7, 11) is 3.31. The van der Waals surface area contributed by atoms with Crippen LogP contribution in [0.1, 0.15) is 12.5 Å². The van der Waals surface area contributed by atoms with Crippen LogP contribution >= 0.6 is 0 Å². The lowest BCUT2D eigenvalue weighted by Crippen LogP contribution is -1.91. The molecule has 0 aromatic heterocycles. The average Bonchev–Trinajstić information content (AvgIpc) is 2.09. The molecule has 2 nitrogen and oxygen atoms in total. The zero-order chi connectivity index (χ0) is 8.81. The molecule has 0 saturated carbocycles. The van der Waals surface area contributed by atoms with Crippen LogP contribution in [0.15, 0.2) is 24.3 Å². The second kappa shape index (κ2) is 4.78. The zero-order valence-corrected chi connectivity index (χ0v) is 7.25. The van der Waals surface area contributed by atoms with Crippen molar-refractivity contribution >= 4 is 0 Å². The Balaban J connectivity index is 2.58. The Labute approximate surface area is 73.1 Å². The first-order valence-electron chi connectivity index (χ1n) is 3.95. The molecule has 12 heavy (non-hydrogen) atoms. The van der Waals surface area contributed by atoms with Crippen LogP contribution in [0.3, 0.4) is 0 Å². The van der Waals surface area contributed by atoms with Gasteiger partial charge in [0.15, 0.2) is 0 Å². The number of benzene rings is 1. The van der Waals surface area contributed by atoms with Crippen LogP contribution in [-0.2, 0) is 11.3 Å². The summed E-state index contributed by atoms with van der Waals surface area (Å²) in [5.74, 6) is 0.894. The van der Waals surface area contributed by atoms with E-state index in [4.69, 9.17) is 9.47 Å². The number of ether oxygens (including phenoxy) is 2. The molecule has 0 heterocycles. The van der Waals surface area contributed by atoms with E-state index in [-0.39, 0.29) is 0 Å². The molecule has 0 aliphatic rings. The summed E-state index contributed by atoms with van der Waals surface area (Å²) in [6, 6.07) is 7.79.